The Morgan fingerprint density at radius 1 is 1.77 bits per heavy atom. The fraction of sp³-hybridized carbons (Fsp3) is 0.143. The number of ether oxygens (including phenoxy) is 1. The third-order valence-corrected chi connectivity index (χ3v) is 3.59. The maximum absolute atomic E-state index is 10.6. The quantitative estimate of drug-likeness (QED) is 0.747. The minimum absolute atomic E-state index is 0.00822. The molecule has 0 unspecified atom stereocenters. The number of carboxylic acids is 1. The predicted octanol–water partition coefficient (Wildman–Crippen LogP) is 0.327. The van der Waals surface area contributed by atoms with Gasteiger partial charge in [-0.25, -0.2) is 0 Å². The molecule has 2 heterocycles. The van der Waals surface area contributed by atoms with Gasteiger partial charge in [0.25, 0.3) is 0 Å². The van der Waals surface area contributed by atoms with Gasteiger partial charge in [0.1, 0.15) is 0 Å². The molecule has 13 heavy (non-hydrogen) atoms. The van der Waals surface area contributed by atoms with Crippen molar-refractivity contribution in [1.29, 1.82) is 0 Å². The van der Waals surface area contributed by atoms with Gasteiger partial charge in [0.05, 0.1) is 0 Å². The normalized spacial score (nSPS) is 10.5. The molecule has 0 radical (unpaired) electrons. The Morgan fingerprint density at radius 3 is 3.08 bits per heavy atom. The molecule has 0 fully saturated rings. The predicted molar refractivity (Wildman–Crippen MR) is 46.5 cm³/mol. The van der Waals surface area contributed by atoms with Crippen molar-refractivity contribution in [1.82, 2.24) is 9.97 Å². The second-order valence-electron chi connectivity index (χ2n) is 2.38. The molecule has 0 amide bonds. The van der Waals surface area contributed by atoms with Gasteiger partial charge < -0.3 is 0 Å². The number of nitrogens with zero attached hydrogens (tertiary/aromatic N) is 1. The van der Waals surface area contributed by atoms with Crippen molar-refractivity contribution in [3.63, 3.8) is 0 Å². The molecule has 0 saturated heterocycles. The Labute approximate surface area is 79.1 Å². The summed E-state index contributed by atoms with van der Waals surface area (Å²) in [6.07, 6.45) is 0. The van der Waals surface area contributed by atoms with E-state index in [1.54, 1.807) is 13.2 Å². The number of carboxylic acid groups (broad SMARTS) is 1. The Hall–Kier alpha value is -1.26. The number of nitrogens with one attached hydrogen (secondary N) is 1. The second-order valence-corrected chi connectivity index (χ2v) is 4.47. The van der Waals surface area contributed by atoms with Crippen LogP contribution in [0, 0.1) is 0 Å². The van der Waals surface area contributed by atoms with Gasteiger partial charge in [0, 0.05) is 0 Å². The van der Waals surface area contributed by atoms with Crippen LogP contribution in [-0.4, -0.2) is 42.7 Å². The number of hydrogen-bond acceptors (Lipinski definition) is 3. The first kappa shape index (κ1) is 8.34. The Bertz CT molecular complexity index is 428. The van der Waals surface area contributed by atoms with Crippen LogP contribution in [0.3, 0.4) is 0 Å². The summed E-state index contributed by atoms with van der Waals surface area (Å²) in [5.74, 6) is -0.959. The number of hydrogen-bond donors (Lipinski definition) is 2. The molecule has 0 aromatic carbocycles. The fourth-order valence-electron chi connectivity index (χ4n) is 0.996. The first-order chi connectivity index (χ1) is 6.20. The van der Waals surface area contributed by atoms with E-state index in [1.165, 1.54) is 0 Å². The van der Waals surface area contributed by atoms with Gasteiger partial charge in [-0.3, -0.25) is 0 Å². The van der Waals surface area contributed by atoms with Gasteiger partial charge in [-0.05, 0) is 0 Å². The molecule has 0 atom stereocenters. The van der Waals surface area contributed by atoms with E-state index in [2.05, 4.69) is 9.97 Å². The molecular formula is C7H6N2O3Se. The van der Waals surface area contributed by atoms with Gasteiger partial charge >= 0.3 is 78.6 Å². The molecule has 2 aromatic heterocycles. The molecule has 5 nitrogen and oxygen atoms in total. The molecule has 0 aliphatic rings. The molecule has 2 N–H and O–H groups in total. The first-order valence-electron chi connectivity index (χ1n) is 3.47. The molecule has 68 valence electrons. The van der Waals surface area contributed by atoms with Gasteiger partial charge in [-0.15, -0.1) is 0 Å². The summed E-state index contributed by atoms with van der Waals surface area (Å²) in [6, 6.07) is 1.60. The standard InChI is InChI=1S/C7H6N2O3Se/c1-12-7-9-5-4(13-7)2-3(8-5)6(10)11/h2,8H,1H3,(H,10,11). The third kappa shape index (κ3) is 1.34. The fourth-order valence-corrected chi connectivity index (χ4v) is 2.63. The Kier molecular flexibility index (Phi) is 1.86. The molecule has 0 aliphatic heterocycles. The Morgan fingerprint density at radius 2 is 2.54 bits per heavy atom. The van der Waals surface area contributed by atoms with Crippen molar-refractivity contribution in [3.8, 4) is 4.75 Å². The molecule has 0 spiro atoms. The molecule has 6 heteroatoms. The van der Waals surface area contributed by atoms with E-state index in [-0.39, 0.29) is 20.2 Å². The third-order valence-electron chi connectivity index (χ3n) is 1.57. The van der Waals surface area contributed by atoms with E-state index in [4.69, 9.17) is 9.84 Å². The van der Waals surface area contributed by atoms with Crippen molar-refractivity contribution in [2.24, 2.45) is 0 Å². The van der Waals surface area contributed by atoms with Crippen molar-refractivity contribution in [3.05, 3.63) is 11.8 Å². The van der Waals surface area contributed by atoms with Gasteiger partial charge in [-0.1, -0.05) is 0 Å². The summed E-state index contributed by atoms with van der Waals surface area (Å²) >= 11 is 0.00822. The minimum atomic E-state index is -0.959. The number of rotatable bonds is 2. The molecule has 0 saturated carbocycles. The van der Waals surface area contributed by atoms with Crippen LogP contribution in [-0.2, 0) is 0 Å². The zero-order valence-electron chi connectivity index (χ0n) is 6.70. The average Bonchev–Trinajstić information content (AvgIpc) is 2.58. The summed E-state index contributed by atoms with van der Waals surface area (Å²) < 4.78 is 6.57. The number of aromatic nitrogens is 2. The SMILES string of the molecule is COc1nc2[nH]c(C(=O)O)cc2[se]1. The number of aromatic amines is 1. The molecule has 0 aliphatic carbocycles. The van der Waals surface area contributed by atoms with Gasteiger partial charge in [0.15, 0.2) is 0 Å². The zero-order valence-corrected chi connectivity index (χ0v) is 8.41. The number of aromatic carboxylic acids is 1. The van der Waals surface area contributed by atoms with Gasteiger partial charge in [0.2, 0.25) is 0 Å². The molecule has 2 aromatic rings. The molecule has 0 bridgehead atoms. The van der Waals surface area contributed by atoms with Crippen molar-refractivity contribution < 1.29 is 14.6 Å². The molecular weight excluding hydrogens is 239 g/mol. The second kappa shape index (κ2) is 2.90. The summed E-state index contributed by atoms with van der Waals surface area (Å²) in [5.41, 5.74) is 0.806. The van der Waals surface area contributed by atoms with Crippen LogP contribution in [0.5, 0.6) is 4.75 Å². The van der Waals surface area contributed by atoms with E-state index < -0.39 is 5.97 Å². The van der Waals surface area contributed by atoms with Crippen molar-refractivity contribution in [2.75, 3.05) is 7.11 Å². The number of H-pyrrole nitrogens is 1. The van der Waals surface area contributed by atoms with E-state index in [0.717, 1.165) is 4.26 Å². The van der Waals surface area contributed by atoms with Crippen LogP contribution in [0.4, 0.5) is 0 Å². The van der Waals surface area contributed by atoms with Crippen molar-refractivity contribution in [2.45, 2.75) is 0 Å². The number of methoxy groups -OCH3 is 1. The average molecular weight is 245 g/mol. The topological polar surface area (TPSA) is 75.2 Å². The maximum atomic E-state index is 10.6. The summed E-state index contributed by atoms with van der Waals surface area (Å²) in [5, 5.41) is 8.66. The van der Waals surface area contributed by atoms with E-state index >= 15 is 0 Å². The van der Waals surface area contributed by atoms with Crippen LogP contribution < -0.4 is 4.74 Å². The zero-order chi connectivity index (χ0) is 9.42. The van der Waals surface area contributed by atoms with Crippen LogP contribution in [0.25, 0.3) is 9.91 Å². The number of fused-ring (bicyclic) bond motifs is 1. The van der Waals surface area contributed by atoms with E-state index in [0.29, 0.717) is 10.4 Å². The molecule has 2 rings (SSSR count). The van der Waals surface area contributed by atoms with Crippen LogP contribution in [0.15, 0.2) is 6.07 Å². The van der Waals surface area contributed by atoms with E-state index in [9.17, 15) is 4.79 Å². The van der Waals surface area contributed by atoms with Gasteiger partial charge in [-0.2, -0.15) is 0 Å². The Balaban J connectivity index is 2.54. The van der Waals surface area contributed by atoms with Crippen LogP contribution in [0.1, 0.15) is 10.5 Å². The summed E-state index contributed by atoms with van der Waals surface area (Å²) in [7, 11) is 1.56. The van der Waals surface area contributed by atoms with Crippen molar-refractivity contribution >= 4 is 30.4 Å². The first-order valence-corrected chi connectivity index (χ1v) is 5.19. The monoisotopic (exact) mass is 246 g/mol. The summed E-state index contributed by atoms with van der Waals surface area (Å²) in [6.45, 7) is 0. The van der Waals surface area contributed by atoms with E-state index in [1.807, 2.05) is 0 Å². The van der Waals surface area contributed by atoms with Crippen LogP contribution >= 0.6 is 0 Å². The summed E-state index contributed by atoms with van der Waals surface area (Å²) in [4.78, 5) is 17.3. The number of carbonyl (C=O) groups is 1. The van der Waals surface area contributed by atoms with Crippen LogP contribution in [0.2, 0.25) is 0 Å².